The number of halogens is 1. The number of aliphatic hydroxyl groups excluding tert-OH is 1. The molecule has 0 aliphatic rings. The first-order chi connectivity index (χ1) is 8.02. The van der Waals surface area contributed by atoms with E-state index in [2.05, 4.69) is 53.3 Å². The number of nitrogens with one attached hydrogen (secondary N) is 1. The summed E-state index contributed by atoms with van der Waals surface area (Å²) >= 11 is 5.27. The van der Waals surface area contributed by atoms with Gasteiger partial charge in [0.05, 0.1) is 6.61 Å². The Morgan fingerprint density at radius 1 is 1.35 bits per heavy atom. The van der Waals surface area contributed by atoms with Crippen LogP contribution in [0, 0.1) is 0 Å². The molecule has 0 fully saturated rings. The van der Waals surface area contributed by atoms with Crippen molar-refractivity contribution in [3.63, 3.8) is 0 Å². The fraction of sp³-hybridized carbons (Fsp3) is 0.538. The van der Waals surface area contributed by atoms with Crippen molar-refractivity contribution in [1.82, 2.24) is 5.32 Å². The van der Waals surface area contributed by atoms with Crippen LogP contribution in [0.1, 0.15) is 26.3 Å². The molecule has 0 aliphatic carbocycles. The molecular formula is C13H20BrNOS. The summed E-state index contributed by atoms with van der Waals surface area (Å²) in [5.74, 6) is 0. The van der Waals surface area contributed by atoms with Gasteiger partial charge in [-0.15, -0.1) is 11.8 Å². The minimum absolute atomic E-state index is 0.202. The molecule has 1 atom stereocenters. The minimum atomic E-state index is 0.202. The lowest BCUT2D eigenvalue weighted by Crippen LogP contribution is -2.21. The lowest BCUT2D eigenvalue weighted by atomic mass is 10.2. The molecule has 0 aromatic heterocycles. The van der Waals surface area contributed by atoms with Gasteiger partial charge in [-0.3, -0.25) is 0 Å². The number of hydrogen-bond acceptors (Lipinski definition) is 3. The molecule has 0 bridgehead atoms. The highest BCUT2D eigenvalue weighted by Crippen LogP contribution is 2.31. The maximum atomic E-state index is 9.04. The summed E-state index contributed by atoms with van der Waals surface area (Å²) < 4.78 is 1.10. The third-order valence-corrected chi connectivity index (χ3v) is 4.38. The second-order valence-corrected chi connectivity index (χ2v) is 6.75. The van der Waals surface area contributed by atoms with E-state index in [4.69, 9.17) is 5.11 Å². The Kier molecular flexibility index (Phi) is 6.55. The zero-order valence-electron chi connectivity index (χ0n) is 10.5. The lowest BCUT2D eigenvalue weighted by molar-refractivity contribution is 0.300. The summed E-state index contributed by atoms with van der Waals surface area (Å²) in [6, 6.07) is 6.88. The van der Waals surface area contributed by atoms with Crippen LogP contribution in [0.4, 0.5) is 0 Å². The van der Waals surface area contributed by atoms with Crippen LogP contribution in [-0.4, -0.2) is 23.0 Å². The van der Waals surface area contributed by atoms with E-state index in [0.29, 0.717) is 6.04 Å². The molecule has 1 unspecified atom stereocenters. The van der Waals surface area contributed by atoms with E-state index < -0.39 is 0 Å². The molecule has 17 heavy (non-hydrogen) atoms. The average Bonchev–Trinajstić information content (AvgIpc) is 2.29. The quantitative estimate of drug-likeness (QED) is 0.788. The van der Waals surface area contributed by atoms with Crippen LogP contribution in [0.2, 0.25) is 0 Å². The van der Waals surface area contributed by atoms with Gasteiger partial charge < -0.3 is 10.4 Å². The molecule has 1 rings (SSSR count). The minimum Gasteiger partial charge on any atom is -0.395 e. The first-order valence-corrected chi connectivity index (χ1v) is 7.49. The Morgan fingerprint density at radius 3 is 2.59 bits per heavy atom. The van der Waals surface area contributed by atoms with E-state index in [9.17, 15) is 0 Å². The van der Waals surface area contributed by atoms with Crippen molar-refractivity contribution in [3.05, 3.63) is 28.2 Å². The number of thioether (sulfide) groups is 1. The number of hydrogen-bond donors (Lipinski definition) is 2. The summed E-state index contributed by atoms with van der Waals surface area (Å²) in [6.45, 7) is 7.39. The first kappa shape index (κ1) is 15.0. The third kappa shape index (κ3) is 5.42. The highest BCUT2D eigenvalue weighted by atomic mass is 79.9. The fourth-order valence-corrected chi connectivity index (χ4v) is 2.86. The van der Waals surface area contributed by atoms with E-state index in [1.807, 2.05) is 6.92 Å². The third-order valence-electron chi connectivity index (χ3n) is 2.30. The summed E-state index contributed by atoms with van der Waals surface area (Å²) in [5, 5.41) is 12.7. The predicted molar refractivity (Wildman–Crippen MR) is 78.5 cm³/mol. The van der Waals surface area contributed by atoms with Crippen LogP contribution in [0.5, 0.6) is 0 Å². The molecule has 0 saturated carbocycles. The van der Waals surface area contributed by atoms with Gasteiger partial charge in [0.15, 0.2) is 0 Å². The molecule has 0 spiro atoms. The monoisotopic (exact) mass is 317 g/mol. The van der Waals surface area contributed by atoms with Crippen LogP contribution in [0.25, 0.3) is 0 Å². The van der Waals surface area contributed by atoms with Gasteiger partial charge in [0.25, 0.3) is 0 Å². The van der Waals surface area contributed by atoms with Gasteiger partial charge in [-0.2, -0.15) is 0 Å². The molecule has 1 aromatic carbocycles. The normalized spacial score (nSPS) is 13.1. The Labute approximate surface area is 116 Å². The summed E-state index contributed by atoms with van der Waals surface area (Å²) in [7, 11) is 0. The van der Waals surface area contributed by atoms with Crippen molar-refractivity contribution in [2.75, 3.05) is 6.61 Å². The molecule has 0 aliphatic heterocycles. The van der Waals surface area contributed by atoms with E-state index in [1.54, 1.807) is 11.8 Å². The predicted octanol–water partition coefficient (Wildman–Crippen LogP) is 3.42. The Bertz CT molecular complexity index is 357. The molecule has 0 radical (unpaired) electrons. The summed E-state index contributed by atoms with van der Waals surface area (Å²) in [4.78, 5) is 1.18. The van der Waals surface area contributed by atoms with Gasteiger partial charge in [-0.25, -0.2) is 0 Å². The second-order valence-electron chi connectivity index (χ2n) is 4.41. The highest BCUT2D eigenvalue weighted by Gasteiger charge is 2.07. The standard InChI is InChI=1S/C13H20BrNOS/c1-9(2)15-7-11-4-5-13(12(14)6-11)17-10(3)8-16/h4-6,9-10,15-16H,7-8H2,1-3H3. The zero-order valence-corrected chi connectivity index (χ0v) is 12.9. The van der Waals surface area contributed by atoms with E-state index in [0.717, 1.165) is 11.0 Å². The second kappa shape index (κ2) is 7.41. The molecule has 0 heterocycles. The van der Waals surface area contributed by atoms with Crippen LogP contribution in [0.15, 0.2) is 27.6 Å². The van der Waals surface area contributed by atoms with Gasteiger partial charge in [-0.1, -0.05) is 26.8 Å². The van der Waals surface area contributed by atoms with Crippen molar-refractivity contribution in [2.24, 2.45) is 0 Å². The van der Waals surface area contributed by atoms with Gasteiger partial charge in [0.2, 0.25) is 0 Å². The molecule has 2 nitrogen and oxygen atoms in total. The van der Waals surface area contributed by atoms with Crippen molar-refractivity contribution in [2.45, 2.75) is 43.5 Å². The SMILES string of the molecule is CC(C)NCc1ccc(SC(C)CO)c(Br)c1. The Balaban J connectivity index is 2.65. The van der Waals surface area contributed by atoms with Gasteiger partial charge in [-0.05, 0) is 33.6 Å². The van der Waals surface area contributed by atoms with Crippen molar-refractivity contribution >= 4 is 27.7 Å². The average molecular weight is 318 g/mol. The molecule has 0 amide bonds. The molecule has 1 aromatic rings. The first-order valence-electron chi connectivity index (χ1n) is 5.82. The van der Waals surface area contributed by atoms with E-state index >= 15 is 0 Å². The Hall–Kier alpha value is -0.0300. The molecular weight excluding hydrogens is 298 g/mol. The van der Waals surface area contributed by atoms with Crippen molar-refractivity contribution in [3.8, 4) is 0 Å². The maximum Gasteiger partial charge on any atom is 0.0550 e. The van der Waals surface area contributed by atoms with Crippen LogP contribution in [-0.2, 0) is 6.54 Å². The lowest BCUT2D eigenvalue weighted by Gasteiger charge is -2.12. The van der Waals surface area contributed by atoms with Crippen LogP contribution >= 0.6 is 27.7 Å². The summed E-state index contributed by atoms with van der Waals surface area (Å²) in [6.07, 6.45) is 0. The molecule has 0 saturated heterocycles. The smallest absolute Gasteiger partial charge is 0.0550 e. The fourth-order valence-electron chi connectivity index (χ4n) is 1.33. The topological polar surface area (TPSA) is 32.3 Å². The molecule has 2 N–H and O–H groups in total. The van der Waals surface area contributed by atoms with Crippen LogP contribution < -0.4 is 5.32 Å². The van der Waals surface area contributed by atoms with Gasteiger partial charge in [0, 0.05) is 27.2 Å². The van der Waals surface area contributed by atoms with Crippen molar-refractivity contribution < 1.29 is 5.11 Å². The largest absolute Gasteiger partial charge is 0.395 e. The van der Waals surface area contributed by atoms with E-state index in [-0.39, 0.29) is 11.9 Å². The zero-order chi connectivity index (χ0) is 12.8. The summed E-state index contributed by atoms with van der Waals surface area (Å²) in [5.41, 5.74) is 1.27. The van der Waals surface area contributed by atoms with E-state index in [1.165, 1.54) is 10.5 Å². The van der Waals surface area contributed by atoms with Crippen molar-refractivity contribution in [1.29, 1.82) is 0 Å². The molecule has 96 valence electrons. The molecule has 4 heteroatoms. The van der Waals surface area contributed by atoms with Gasteiger partial charge in [0.1, 0.15) is 0 Å². The number of rotatable bonds is 6. The highest BCUT2D eigenvalue weighted by molar-refractivity contribution is 9.10. The maximum absolute atomic E-state index is 9.04. The number of benzene rings is 1. The van der Waals surface area contributed by atoms with Gasteiger partial charge >= 0.3 is 0 Å². The van der Waals surface area contributed by atoms with Crippen LogP contribution in [0.3, 0.4) is 0 Å². The number of aliphatic hydroxyl groups is 1. The Morgan fingerprint density at radius 2 is 2.06 bits per heavy atom.